The van der Waals surface area contributed by atoms with E-state index in [1.54, 1.807) is 11.3 Å². The van der Waals surface area contributed by atoms with Gasteiger partial charge in [-0.2, -0.15) is 11.3 Å². The number of nitrogens with one attached hydrogen (secondary N) is 1. The zero-order chi connectivity index (χ0) is 11.9. The number of piperidine rings is 1. The van der Waals surface area contributed by atoms with Crippen LogP contribution in [0.15, 0.2) is 16.8 Å². The van der Waals surface area contributed by atoms with E-state index in [1.165, 1.54) is 50.8 Å². The summed E-state index contributed by atoms with van der Waals surface area (Å²) in [6, 6.07) is 3.04. The first kappa shape index (κ1) is 13.1. The molecule has 0 bridgehead atoms. The minimum atomic E-state index is 0.817. The molecule has 0 amide bonds. The van der Waals surface area contributed by atoms with Crippen molar-refractivity contribution in [2.45, 2.75) is 38.1 Å². The maximum absolute atomic E-state index is 3.57. The standard InChI is InChI=1S/C14H24N2S/c1-16-10-3-2-4-14(16)6-9-15-8-5-13-7-11-17-12-13/h7,11-12,14-15H,2-6,8-10H2,1H3. The van der Waals surface area contributed by atoms with E-state index in [9.17, 15) is 0 Å². The minimum Gasteiger partial charge on any atom is -0.316 e. The van der Waals surface area contributed by atoms with E-state index >= 15 is 0 Å². The summed E-state index contributed by atoms with van der Waals surface area (Å²) in [5, 5.41) is 7.98. The number of thiophene rings is 1. The Labute approximate surface area is 109 Å². The zero-order valence-corrected chi connectivity index (χ0v) is 11.6. The second kappa shape index (κ2) is 7.14. The molecule has 1 aromatic rings. The summed E-state index contributed by atoms with van der Waals surface area (Å²) in [6.45, 7) is 3.58. The van der Waals surface area contributed by atoms with Crippen LogP contribution in [0.3, 0.4) is 0 Å². The average Bonchev–Trinajstić information content (AvgIpc) is 2.84. The lowest BCUT2D eigenvalue weighted by molar-refractivity contribution is 0.175. The predicted molar refractivity (Wildman–Crippen MR) is 75.8 cm³/mol. The van der Waals surface area contributed by atoms with Crippen molar-refractivity contribution in [1.29, 1.82) is 0 Å². The number of hydrogen-bond donors (Lipinski definition) is 1. The van der Waals surface area contributed by atoms with Crippen molar-refractivity contribution in [1.82, 2.24) is 10.2 Å². The third-order valence-corrected chi connectivity index (χ3v) is 4.48. The molecule has 2 heterocycles. The minimum absolute atomic E-state index is 0.817. The Morgan fingerprint density at radius 2 is 2.35 bits per heavy atom. The summed E-state index contributed by atoms with van der Waals surface area (Å²) in [5.41, 5.74) is 1.47. The molecule has 0 aromatic carbocycles. The van der Waals surface area contributed by atoms with E-state index in [0.29, 0.717) is 0 Å². The van der Waals surface area contributed by atoms with Gasteiger partial charge in [0.2, 0.25) is 0 Å². The van der Waals surface area contributed by atoms with Crippen molar-refractivity contribution < 1.29 is 0 Å². The summed E-state index contributed by atoms with van der Waals surface area (Å²) in [7, 11) is 2.27. The van der Waals surface area contributed by atoms with Crippen LogP contribution in [0.4, 0.5) is 0 Å². The van der Waals surface area contributed by atoms with Crippen LogP contribution in [0.2, 0.25) is 0 Å². The van der Waals surface area contributed by atoms with Crippen LogP contribution in [0.25, 0.3) is 0 Å². The molecule has 1 aromatic heterocycles. The normalized spacial score (nSPS) is 21.8. The maximum atomic E-state index is 3.57. The Morgan fingerprint density at radius 1 is 1.41 bits per heavy atom. The smallest absolute Gasteiger partial charge is 0.0104 e. The molecule has 96 valence electrons. The molecule has 1 unspecified atom stereocenters. The monoisotopic (exact) mass is 252 g/mol. The van der Waals surface area contributed by atoms with Crippen molar-refractivity contribution in [3.05, 3.63) is 22.4 Å². The summed E-state index contributed by atoms with van der Waals surface area (Å²) in [6.07, 6.45) is 6.68. The summed E-state index contributed by atoms with van der Waals surface area (Å²) >= 11 is 1.79. The first-order valence-corrected chi connectivity index (χ1v) is 7.72. The van der Waals surface area contributed by atoms with Crippen LogP contribution in [-0.2, 0) is 6.42 Å². The van der Waals surface area contributed by atoms with Crippen molar-refractivity contribution in [3.8, 4) is 0 Å². The van der Waals surface area contributed by atoms with Gasteiger partial charge in [-0.05, 0) is 74.8 Å². The first-order valence-electron chi connectivity index (χ1n) is 6.78. The number of hydrogen-bond acceptors (Lipinski definition) is 3. The lowest BCUT2D eigenvalue weighted by Crippen LogP contribution is -2.38. The molecular formula is C14H24N2S. The maximum Gasteiger partial charge on any atom is 0.0104 e. The Bertz CT molecular complexity index is 297. The van der Waals surface area contributed by atoms with E-state index in [-0.39, 0.29) is 0 Å². The highest BCUT2D eigenvalue weighted by Crippen LogP contribution is 2.17. The lowest BCUT2D eigenvalue weighted by atomic mass is 10.0. The molecule has 2 nitrogen and oxygen atoms in total. The summed E-state index contributed by atoms with van der Waals surface area (Å²) in [5.74, 6) is 0. The van der Waals surface area contributed by atoms with Gasteiger partial charge in [-0.25, -0.2) is 0 Å². The van der Waals surface area contributed by atoms with Crippen LogP contribution in [0, 0.1) is 0 Å². The second-order valence-electron chi connectivity index (χ2n) is 5.05. The summed E-state index contributed by atoms with van der Waals surface area (Å²) in [4.78, 5) is 2.53. The van der Waals surface area contributed by atoms with E-state index in [1.807, 2.05) is 0 Å². The molecular weight excluding hydrogens is 228 g/mol. The number of nitrogens with zero attached hydrogens (tertiary/aromatic N) is 1. The Balaban J connectivity index is 1.53. The fraction of sp³-hybridized carbons (Fsp3) is 0.714. The zero-order valence-electron chi connectivity index (χ0n) is 10.8. The molecule has 1 saturated heterocycles. The molecule has 1 fully saturated rings. The van der Waals surface area contributed by atoms with E-state index in [0.717, 1.165) is 12.6 Å². The van der Waals surface area contributed by atoms with Gasteiger partial charge in [0.25, 0.3) is 0 Å². The van der Waals surface area contributed by atoms with Crippen LogP contribution in [-0.4, -0.2) is 37.6 Å². The third-order valence-electron chi connectivity index (χ3n) is 3.75. The number of likely N-dealkylation sites (tertiary alicyclic amines) is 1. The molecule has 2 rings (SSSR count). The fourth-order valence-corrected chi connectivity index (χ4v) is 3.27. The van der Waals surface area contributed by atoms with Gasteiger partial charge in [-0.3, -0.25) is 0 Å². The van der Waals surface area contributed by atoms with Crippen molar-refractivity contribution in [3.63, 3.8) is 0 Å². The molecule has 0 saturated carbocycles. The van der Waals surface area contributed by atoms with Crippen molar-refractivity contribution in [2.24, 2.45) is 0 Å². The molecule has 1 N–H and O–H groups in total. The molecule has 3 heteroatoms. The Kier molecular flexibility index (Phi) is 5.49. The second-order valence-corrected chi connectivity index (χ2v) is 5.83. The quantitative estimate of drug-likeness (QED) is 0.783. The van der Waals surface area contributed by atoms with Gasteiger partial charge in [-0.1, -0.05) is 6.42 Å². The van der Waals surface area contributed by atoms with Gasteiger partial charge >= 0.3 is 0 Å². The highest BCUT2D eigenvalue weighted by molar-refractivity contribution is 7.07. The Morgan fingerprint density at radius 3 is 3.12 bits per heavy atom. The third kappa shape index (κ3) is 4.41. The van der Waals surface area contributed by atoms with E-state index in [4.69, 9.17) is 0 Å². The molecule has 17 heavy (non-hydrogen) atoms. The fourth-order valence-electron chi connectivity index (χ4n) is 2.57. The van der Waals surface area contributed by atoms with Gasteiger partial charge in [0.15, 0.2) is 0 Å². The van der Waals surface area contributed by atoms with Crippen LogP contribution >= 0.6 is 11.3 Å². The molecule has 0 spiro atoms. The lowest BCUT2D eigenvalue weighted by Gasteiger charge is -2.32. The highest BCUT2D eigenvalue weighted by Gasteiger charge is 2.17. The predicted octanol–water partition coefficient (Wildman–Crippen LogP) is 2.75. The van der Waals surface area contributed by atoms with E-state index in [2.05, 4.69) is 34.1 Å². The first-order chi connectivity index (χ1) is 8.36. The van der Waals surface area contributed by atoms with Gasteiger partial charge in [0.1, 0.15) is 0 Å². The van der Waals surface area contributed by atoms with Gasteiger partial charge in [0, 0.05) is 6.04 Å². The SMILES string of the molecule is CN1CCCCC1CCNCCc1ccsc1. The average molecular weight is 252 g/mol. The highest BCUT2D eigenvalue weighted by atomic mass is 32.1. The van der Waals surface area contributed by atoms with Gasteiger partial charge in [0.05, 0.1) is 0 Å². The molecule has 1 aliphatic rings. The number of rotatable bonds is 6. The van der Waals surface area contributed by atoms with Crippen LogP contribution < -0.4 is 5.32 Å². The van der Waals surface area contributed by atoms with E-state index < -0.39 is 0 Å². The summed E-state index contributed by atoms with van der Waals surface area (Å²) < 4.78 is 0. The molecule has 0 aliphatic carbocycles. The Hall–Kier alpha value is -0.380. The topological polar surface area (TPSA) is 15.3 Å². The van der Waals surface area contributed by atoms with Crippen LogP contribution in [0.1, 0.15) is 31.2 Å². The van der Waals surface area contributed by atoms with Gasteiger partial charge < -0.3 is 10.2 Å². The largest absolute Gasteiger partial charge is 0.316 e. The van der Waals surface area contributed by atoms with Gasteiger partial charge in [-0.15, -0.1) is 0 Å². The molecule has 1 aliphatic heterocycles. The van der Waals surface area contributed by atoms with Crippen molar-refractivity contribution in [2.75, 3.05) is 26.7 Å². The molecule has 1 atom stereocenters. The van der Waals surface area contributed by atoms with Crippen molar-refractivity contribution >= 4 is 11.3 Å². The van der Waals surface area contributed by atoms with Crippen LogP contribution in [0.5, 0.6) is 0 Å². The molecule has 0 radical (unpaired) electrons.